The van der Waals surface area contributed by atoms with E-state index in [4.69, 9.17) is 4.74 Å². The maximum absolute atomic E-state index is 13.3. The van der Waals surface area contributed by atoms with Gasteiger partial charge < -0.3 is 4.74 Å². The van der Waals surface area contributed by atoms with Crippen LogP contribution in [0.4, 0.5) is 4.39 Å². The molecule has 0 saturated heterocycles. The van der Waals surface area contributed by atoms with E-state index < -0.39 is 15.8 Å². The minimum absolute atomic E-state index is 0.0487. The Morgan fingerprint density at radius 3 is 2.60 bits per heavy atom. The number of rotatable bonds is 4. The average Bonchev–Trinajstić information content (AvgIpc) is 2.21. The van der Waals surface area contributed by atoms with Crippen LogP contribution in [0.15, 0.2) is 23.1 Å². The van der Waals surface area contributed by atoms with E-state index in [-0.39, 0.29) is 10.6 Å². The molecule has 0 amide bonds. The third-order valence-corrected chi connectivity index (χ3v) is 3.19. The fraction of sp³-hybridized carbons (Fsp3) is 0.333. The number of sulfonamides is 1. The van der Waals surface area contributed by atoms with Crippen LogP contribution >= 0.6 is 0 Å². The molecule has 1 aromatic carbocycles. The summed E-state index contributed by atoms with van der Waals surface area (Å²) in [6, 6.07) is 3.51. The first-order valence-electron chi connectivity index (χ1n) is 4.37. The highest BCUT2D eigenvalue weighted by molar-refractivity contribution is 7.89. The second kappa shape index (κ2) is 4.59. The maximum atomic E-state index is 13.3. The molecule has 0 atom stereocenters. The van der Waals surface area contributed by atoms with Gasteiger partial charge in [-0.1, -0.05) is 0 Å². The Hall–Kier alpha value is -1.14. The highest BCUT2D eigenvalue weighted by atomic mass is 32.2. The molecule has 6 heteroatoms. The van der Waals surface area contributed by atoms with Crippen LogP contribution in [0.3, 0.4) is 0 Å². The standard InChI is InChI=1S/C9H12FNO3S/c1-3-14-9-5-4-7(6-8(9)10)15(12,13)11-2/h4-6,11H,3H2,1-2H3. The lowest BCUT2D eigenvalue weighted by atomic mass is 10.3. The SMILES string of the molecule is CCOc1ccc(S(=O)(=O)NC)cc1F. The molecule has 1 N–H and O–H groups in total. The van der Waals surface area contributed by atoms with Gasteiger partial charge in [-0.3, -0.25) is 0 Å². The van der Waals surface area contributed by atoms with Crippen LogP contribution in [-0.2, 0) is 10.0 Å². The number of halogens is 1. The molecule has 0 heterocycles. The number of nitrogens with one attached hydrogen (secondary N) is 1. The maximum Gasteiger partial charge on any atom is 0.240 e. The smallest absolute Gasteiger partial charge is 0.240 e. The van der Waals surface area contributed by atoms with Crippen molar-refractivity contribution in [3.8, 4) is 5.75 Å². The molecule has 0 aliphatic rings. The lowest BCUT2D eigenvalue weighted by Crippen LogP contribution is -2.18. The first-order valence-corrected chi connectivity index (χ1v) is 5.85. The summed E-state index contributed by atoms with van der Waals surface area (Å²) in [6.07, 6.45) is 0. The van der Waals surface area contributed by atoms with E-state index in [2.05, 4.69) is 4.72 Å². The van der Waals surface area contributed by atoms with E-state index in [1.807, 2.05) is 0 Å². The van der Waals surface area contributed by atoms with Crippen molar-refractivity contribution >= 4 is 10.0 Å². The topological polar surface area (TPSA) is 55.4 Å². The zero-order valence-electron chi connectivity index (χ0n) is 8.45. The molecule has 0 radical (unpaired) electrons. The Morgan fingerprint density at radius 1 is 1.47 bits per heavy atom. The molecule has 1 rings (SSSR count). The van der Waals surface area contributed by atoms with E-state index in [0.717, 1.165) is 6.07 Å². The normalized spacial score (nSPS) is 11.4. The predicted molar refractivity (Wildman–Crippen MR) is 53.8 cm³/mol. The highest BCUT2D eigenvalue weighted by Gasteiger charge is 2.14. The van der Waals surface area contributed by atoms with Crippen molar-refractivity contribution in [1.29, 1.82) is 0 Å². The zero-order valence-corrected chi connectivity index (χ0v) is 9.27. The molecule has 1 aromatic rings. The summed E-state index contributed by atoms with van der Waals surface area (Å²) in [6.45, 7) is 2.05. The average molecular weight is 233 g/mol. The van der Waals surface area contributed by atoms with Gasteiger partial charge in [-0.2, -0.15) is 0 Å². The van der Waals surface area contributed by atoms with E-state index in [1.165, 1.54) is 19.2 Å². The van der Waals surface area contributed by atoms with Gasteiger partial charge in [-0.25, -0.2) is 17.5 Å². The van der Waals surface area contributed by atoms with Crippen LogP contribution in [0.25, 0.3) is 0 Å². The first kappa shape index (κ1) is 11.9. The van der Waals surface area contributed by atoms with Gasteiger partial charge in [-0.05, 0) is 32.2 Å². The summed E-state index contributed by atoms with van der Waals surface area (Å²) in [5.41, 5.74) is 0. The minimum atomic E-state index is -3.60. The van der Waals surface area contributed by atoms with Crippen LogP contribution in [0, 0.1) is 5.82 Å². The summed E-state index contributed by atoms with van der Waals surface area (Å²) in [7, 11) is -2.33. The van der Waals surface area contributed by atoms with E-state index in [9.17, 15) is 12.8 Å². The first-order chi connectivity index (χ1) is 7.01. The van der Waals surface area contributed by atoms with Crippen molar-refractivity contribution in [1.82, 2.24) is 4.72 Å². The lowest BCUT2D eigenvalue weighted by Gasteiger charge is -2.06. The van der Waals surface area contributed by atoms with Gasteiger partial charge in [0, 0.05) is 0 Å². The van der Waals surface area contributed by atoms with Crippen molar-refractivity contribution in [3.05, 3.63) is 24.0 Å². The highest BCUT2D eigenvalue weighted by Crippen LogP contribution is 2.20. The number of benzene rings is 1. The van der Waals surface area contributed by atoms with E-state index >= 15 is 0 Å². The minimum Gasteiger partial charge on any atom is -0.491 e. The molecular formula is C9H12FNO3S. The summed E-state index contributed by atoms with van der Waals surface area (Å²) in [5, 5.41) is 0. The molecule has 0 aliphatic heterocycles. The summed E-state index contributed by atoms with van der Waals surface area (Å²) in [5.74, 6) is -0.638. The van der Waals surface area contributed by atoms with Crippen molar-refractivity contribution in [2.24, 2.45) is 0 Å². The van der Waals surface area contributed by atoms with Gasteiger partial charge in [0.25, 0.3) is 0 Å². The van der Waals surface area contributed by atoms with Crippen LogP contribution in [-0.4, -0.2) is 22.1 Å². The van der Waals surface area contributed by atoms with E-state index in [1.54, 1.807) is 6.92 Å². The Bertz CT molecular complexity index is 445. The van der Waals surface area contributed by atoms with Crippen molar-refractivity contribution in [2.45, 2.75) is 11.8 Å². The van der Waals surface area contributed by atoms with Gasteiger partial charge in [0.2, 0.25) is 10.0 Å². The zero-order chi connectivity index (χ0) is 11.5. The Kier molecular flexibility index (Phi) is 3.65. The molecule has 0 unspecified atom stereocenters. The third kappa shape index (κ3) is 2.66. The predicted octanol–water partition coefficient (Wildman–Crippen LogP) is 1.13. The summed E-state index contributed by atoms with van der Waals surface area (Å²) < 4.78 is 42.9. The number of hydrogen-bond donors (Lipinski definition) is 1. The number of hydrogen-bond acceptors (Lipinski definition) is 3. The fourth-order valence-electron chi connectivity index (χ4n) is 1.04. The molecule has 0 bridgehead atoms. The number of ether oxygens (including phenoxy) is 1. The quantitative estimate of drug-likeness (QED) is 0.848. The molecule has 15 heavy (non-hydrogen) atoms. The summed E-state index contributed by atoms with van der Waals surface area (Å²) in [4.78, 5) is -0.119. The van der Waals surface area contributed by atoms with Crippen molar-refractivity contribution in [2.75, 3.05) is 13.7 Å². The van der Waals surface area contributed by atoms with Crippen LogP contribution in [0.2, 0.25) is 0 Å². The second-order valence-corrected chi connectivity index (χ2v) is 4.62. The molecule has 0 fully saturated rings. The Balaban J connectivity index is 3.12. The molecule has 0 aromatic heterocycles. The van der Waals surface area contributed by atoms with Crippen LogP contribution in [0.1, 0.15) is 6.92 Å². The Labute approximate surface area is 88.1 Å². The molecule has 0 spiro atoms. The van der Waals surface area contributed by atoms with Crippen LogP contribution in [0.5, 0.6) is 5.75 Å². The van der Waals surface area contributed by atoms with Crippen molar-refractivity contribution < 1.29 is 17.5 Å². The van der Waals surface area contributed by atoms with Gasteiger partial charge in [0.1, 0.15) is 0 Å². The van der Waals surface area contributed by atoms with Crippen LogP contribution < -0.4 is 9.46 Å². The summed E-state index contributed by atoms with van der Waals surface area (Å²) >= 11 is 0. The van der Waals surface area contributed by atoms with Gasteiger partial charge in [0.05, 0.1) is 11.5 Å². The monoisotopic (exact) mass is 233 g/mol. The molecule has 0 aliphatic carbocycles. The Morgan fingerprint density at radius 2 is 2.13 bits per heavy atom. The molecule has 0 saturated carbocycles. The van der Waals surface area contributed by atoms with Gasteiger partial charge in [-0.15, -0.1) is 0 Å². The molecule has 4 nitrogen and oxygen atoms in total. The van der Waals surface area contributed by atoms with E-state index in [0.29, 0.717) is 6.61 Å². The lowest BCUT2D eigenvalue weighted by molar-refractivity contribution is 0.321. The van der Waals surface area contributed by atoms with Crippen molar-refractivity contribution in [3.63, 3.8) is 0 Å². The third-order valence-electron chi connectivity index (χ3n) is 1.78. The second-order valence-electron chi connectivity index (χ2n) is 2.73. The molecular weight excluding hydrogens is 221 g/mol. The largest absolute Gasteiger partial charge is 0.491 e. The molecule has 84 valence electrons. The van der Waals surface area contributed by atoms with Gasteiger partial charge >= 0.3 is 0 Å². The van der Waals surface area contributed by atoms with Gasteiger partial charge in [0.15, 0.2) is 11.6 Å². The fourth-order valence-corrected chi connectivity index (χ4v) is 1.78.